The lowest BCUT2D eigenvalue weighted by atomic mass is 9.92. The van der Waals surface area contributed by atoms with E-state index >= 15 is 0 Å². The van der Waals surface area contributed by atoms with Gasteiger partial charge in [0.25, 0.3) is 0 Å². The van der Waals surface area contributed by atoms with E-state index in [-0.39, 0.29) is 28.1 Å². The van der Waals surface area contributed by atoms with Crippen LogP contribution in [0.1, 0.15) is 16.7 Å². The van der Waals surface area contributed by atoms with Gasteiger partial charge in [0.15, 0.2) is 0 Å². The number of aromatic nitrogens is 1. The van der Waals surface area contributed by atoms with Crippen molar-refractivity contribution >= 4 is 17.2 Å². The van der Waals surface area contributed by atoms with Crippen molar-refractivity contribution < 1.29 is 13.2 Å². The Kier molecular flexibility index (Phi) is 4.37. The second kappa shape index (κ2) is 6.51. The van der Waals surface area contributed by atoms with Crippen LogP contribution in [0.4, 0.5) is 19.0 Å². The molecule has 0 aliphatic carbocycles. The summed E-state index contributed by atoms with van der Waals surface area (Å²) in [6.45, 7) is 0. The number of nitrogen functional groups attached to an aromatic ring is 1. The zero-order chi connectivity index (χ0) is 18.9. The maximum Gasteiger partial charge on any atom is 0.416 e. The number of anilines is 1. The van der Waals surface area contributed by atoms with Gasteiger partial charge in [-0.25, -0.2) is 4.98 Å². The molecule has 4 nitrogen and oxygen atoms in total. The summed E-state index contributed by atoms with van der Waals surface area (Å²) >= 11 is 1.40. The third kappa shape index (κ3) is 2.99. The number of hydrogen-bond donors (Lipinski definition) is 1. The maximum atomic E-state index is 12.8. The van der Waals surface area contributed by atoms with E-state index < -0.39 is 11.7 Å². The van der Waals surface area contributed by atoms with Gasteiger partial charge in [-0.15, -0.1) is 0 Å². The third-order valence-electron chi connectivity index (χ3n) is 3.74. The van der Waals surface area contributed by atoms with Crippen LogP contribution in [0.3, 0.4) is 0 Å². The van der Waals surface area contributed by atoms with Crippen LogP contribution in [0.15, 0.2) is 41.1 Å². The van der Waals surface area contributed by atoms with Gasteiger partial charge in [-0.3, -0.25) is 0 Å². The molecule has 0 radical (unpaired) electrons. The fourth-order valence-electron chi connectivity index (χ4n) is 2.55. The second-order valence-corrected chi connectivity index (χ2v) is 6.06. The van der Waals surface area contributed by atoms with Crippen molar-refractivity contribution in [3.63, 3.8) is 0 Å². The highest BCUT2D eigenvalue weighted by atomic mass is 32.1. The van der Waals surface area contributed by atoms with Gasteiger partial charge in [-0.1, -0.05) is 12.1 Å². The lowest BCUT2D eigenvalue weighted by molar-refractivity contribution is -0.137. The fraction of sp³-hybridized carbons (Fsp3) is 0.0556. The average molecular weight is 370 g/mol. The Bertz CT molecular complexity index is 1040. The molecule has 1 aromatic carbocycles. The zero-order valence-electron chi connectivity index (χ0n) is 13.0. The number of hydrogen-bond acceptors (Lipinski definition) is 5. The number of thiophene rings is 1. The second-order valence-electron chi connectivity index (χ2n) is 5.28. The number of nitriles is 2. The van der Waals surface area contributed by atoms with Gasteiger partial charge in [0, 0.05) is 16.5 Å². The number of benzene rings is 1. The molecule has 0 aliphatic rings. The first-order valence-corrected chi connectivity index (χ1v) is 8.15. The topological polar surface area (TPSA) is 86.5 Å². The standard InChI is InChI=1S/C18H9F3N4S/c19-18(20,21)12-3-1-10(2-4-12)15-13(7-22)16(11-5-6-26-9-11)25-17(24)14(15)8-23/h1-6,9H,(H2,24,25). The number of halogens is 3. The monoisotopic (exact) mass is 370 g/mol. The van der Waals surface area contributed by atoms with Crippen molar-refractivity contribution in [3.8, 4) is 34.5 Å². The van der Waals surface area contributed by atoms with Gasteiger partial charge in [-0.05, 0) is 29.1 Å². The molecule has 0 bridgehead atoms. The first-order valence-electron chi connectivity index (χ1n) is 7.20. The molecule has 3 rings (SSSR count). The van der Waals surface area contributed by atoms with Crippen LogP contribution >= 0.6 is 11.3 Å². The average Bonchev–Trinajstić information content (AvgIpc) is 3.14. The Morgan fingerprint density at radius 1 is 0.962 bits per heavy atom. The number of nitrogens with zero attached hydrogens (tertiary/aromatic N) is 3. The van der Waals surface area contributed by atoms with Crippen LogP contribution in [0.2, 0.25) is 0 Å². The molecule has 0 saturated heterocycles. The number of rotatable bonds is 2. The molecule has 128 valence electrons. The molecule has 3 aromatic rings. The van der Waals surface area contributed by atoms with Gasteiger partial charge in [0.05, 0.1) is 16.8 Å². The Hall–Kier alpha value is -3.36. The van der Waals surface area contributed by atoms with Crippen LogP contribution < -0.4 is 5.73 Å². The molecule has 26 heavy (non-hydrogen) atoms. The first kappa shape index (κ1) is 17.5. The molecular formula is C18H9F3N4S. The van der Waals surface area contributed by atoms with Gasteiger partial charge in [0.1, 0.15) is 23.5 Å². The van der Waals surface area contributed by atoms with Crippen LogP contribution in [-0.4, -0.2) is 4.98 Å². The number of pyridine rings is 1. The molecule has 0 fully saturated rings. The fourth-order valence-corrected chi connectivity index (χ4v) is 3.19. The molecule has 2 heterocycles. The molecular weight excluding hydrogens is 361 g/mol. The summed E-state index contributed by atoms with van der Waals surface area (Å²) in [4.78, 5) is 4.16. The largest absolute Gasteiger partial charge is 0.416 e. The van der Waals surface area contributed by atoms with Crippen LogP contribution in [-0.2, 0) is 6.18 Å². The number of alkyl halides is 3. The lowest BCUT2D eigenvalue weighted by Gasteiger charge is -2.13. The van der Waals surface area contributed by atoms with Crippen LogP contribution in [0.5, 0.6) is 0 Å². The number of nitrogens with two attached hydrogens (primary N) is 1. The van der Waals surface area contributed by atoms with Crippen molar-refractivity contribution in [1.82, 2.24) is 4.98 Å². The Morgan fingerprint density at radius 2 is 1.62 bits per heavy atom. The summed E-state index contributed by atoms with van der Waals surface area (Å²) in [7, 11) is 0. The van der Waals surface area contributed by atoms with Gasteiger partial charge < -0.3 is 5.73 Å². The zero-order valence-corrected chi connectivity index (χ0v) is 13.8. The maximum absolute atomic E-state index is 12.8. The van der Waals surface area contributed by atoms with E-state index in [9.17, 15) is 23.7 Å². The van der Waals surface area contributed by atoms with E-state index in [4.69, 9.17) is 5.73 Å². The summed E-state index contributed by atoms with van der Waals surface area (Å²) in [6, 6.07) is 9.89. The lowest BCUT2D eigenvalue weighted by Crippen LogP contribution is -2.05. The van der Waals surface area contributed by atoms with Crippen LogP contribution in [0.25, 0.3) is 22.4 Å². The van der Waals surface area contributed by atoms with E-state index in [1.807, 2.05) is 12.1 Å². The molecule has 2 aromatic heterocycles. The van der Waals surface area contributed by atoms with E-state index in [2.05, 4.69) is 4.98 Å². The Morgan fingerprint density at radius 3 is 2.12 bits per heavy atom. The molecule has 0 aliphatic heterocycles. The highest BCUT2D eigenvalue weighted by Gasteiger charge is 2.30. The normalized spacial score (nSPS) is 11.0. The van der Waals surface area contributed by atoms with Crippen molar-refractivity contribution in [3.05, 3.63) is 57.8 Å². The molecule has 0 saturated carbocycles. The molecule has 0 spiro atoms. The summed E-state index contributed by atoms with van der Waals surface area (Å²) in [5, 5.41) is 22.6. The Balaban J connectivity index is 2.30. The Labute approximate surface area is 150 Å². The minimum absolute atomic E-state index is 0.0414. The van der Waals surface area contributed by atoms with E-state index in [1.165, 1.54) is 23.5 Å². The molecule has 0 amide bonds. The SMILES string of the molecule is N#Cc1c(N)nc(-c2ccsc2)c(C#N)c1-c1ccc(C(F)(F)F)cc1. The van der Waals surface area contributed by atoms with Crippen LogP contribution in [0, 0.1) is 22.7 Å². The summed E-state index contributed by atoms with van der Waals surface area (Å²) in [5.74, 6) is -0.0809. The minimum Gasteiger partial charge on any atom is -0.383 e. The van der Waals surface area contributed by atoms with Gasteiger partial charge >= 0.3 is 6.18 Å². The predicted molar refractivity (Wildman–Crippen MR) is 91.8 cm³/mol. The highest BCUT2D eigenvalue weighted by molar-refractivity contribution is 7.08. The van der Waals surface area contributed by atoms with Crippen molar-refractivity contribution in [1.29, 1.82) is 10.5 Å². The third-order valence-corrected chi connectivity index (χ3v) is 4.43. The summed E-state index contributed by atoms with van der Waals surface area (Å²) < 4.78 is 38.4. The first-order chi connectivity index (χ1) is 12.4. The van der Waals surface area contributed by atoms with E-state index in [0.717, 1.165) is 12.1 Å². The molecule has 0 unspecified atom stereocenters. The van der Waals surface area contributed by atoms with E-state index in [0.29, 0.717) is 11.3 Å². The predicted octanol–water partition coefficient (Wildman–Crippen LogP) is 4.82. The molecule has 8 heteroatoms. The highest BCUT2D eigenvalue weighted by Crippen LogP contribution is 2.38. The minimum atomic E-state index is -4.48. The van der Waals surface area contributed by atoms with Gasteiger partial charge in [-0.2, -0.15) is 35.0 Å². The van der Waals surface area contributed by atoms with Crippen molar-refractivity contribution in [2.75, 3.05) is 5.73 Å². The molecule has 2 N–H and O–H groups in total. The summed E-state index contributed by atoms with van der Waals surface area (Å²) in [6.07, 6.45) is -4.48. The molecule has 0 atom stereocenters. The van der Waals surface area contributed by atoms with Gasteiger partial charge in [0.2, 0.25) is 0 Å². The summed E-state index contributed by atoms with van der Waals surface area (Å²) in [5.41, 5.74) is 6.52. The quantitative estimate of drug-likeness (QED) is 0.700. The van der Waals surface area contributed by atoms with Crippen molar-refractivity contribution in [2.24, 2.45) is 0 Å². The smallest absolute Gasteiger partial charge is 0.383 e. The van der Waals surface area contributed by atoms with Crippen molar-refractivity contribution in [2.45, 2.75) is 6.18 Å². The van der Waals surface area contributed by atoms with E-state index in [1.54, 1.807) is 16.8 Å².